The van der Waals surface area contributed by atoms with Crippen LogP contribution < -0.4 is 11.1 Å². The highest BCUT2D eigenvalue weighted by atomic mass is 15.3. The van der Waals surface area contributed by atoms with Crippen molar-refractivity contribution in [3.05, 3.63) is 24.6 Å². The molecule has 1 atom stereocenters. The maximum absolute atomic E-state index is 5.61. The van der Waals surface area contributed by atoms with Crippen LogP contribution in [0.3, 0.4) is 0 Å². The summed E-state index contributed by atoms with van der Waals surface area (Å²) < 4.78 is 0. The Labute approximate surface area is 125 Å². The van der Waals surface area contributed by atoms with E-state index in [-0.39, 0.29) is 0 Å². The summed E-state index contributed by atoms with van der Waals surface area (Å²) >= 11 is 0. The van der Waals surface area contributed by atoms with Gasteiger partial charge in [0.2, 0.25) is 0 Å². The lowest BCUT2D eigenvalue weighted by Crippen LogP contribution is -2.37. The Kier molecular flexibility index (Phi) is 10.1. The van der Waals surface area contributed by atoms with Gasteiger partial charge >= 0.3 is 0 Å². The molecule has 0 spiro atoms. The quantitative estimate of drug-likeness (QED) is 0.422. The molecule has 20 heavy (non-hydrogen) atoms. The maximum Gasteiger partial charge on any atom is 0.0981 e. The molecule has 0 bridgehead atoms. The zero-order chi connectivity index (χ0) is 14.5. The number of hydrogen-bond donors (Lipinski definition) is 2. The standard InChI is InChI=1S/C17H33N3/c1-2-3-4-5-6-7-8-9-10-11-12-17-19-14-16-20(17)15-13-18/h5-6,14,16-17,19H,2-4,7-13,15,18H2,1H3/b6-5+. The van der Waals surface area contributed by atoms with E-state index < -0.39 is 0 Å². The van der Waals surface area contributed by atoms with E-state index in [0.29, 0.717) is 6.17 Å². The fourth-order valence-electron chi connectivity index (χ4n) is 2.59. The van der Waals surface area contributed by atoms with Crippen LogP contribution >= 0.6 is 0 Å². The Balaban J connectivity index is 1.91. The van der Waals surface area contributed by atoms with Crippen molar-refractivity contribution in [3.63, 3.8) is 0 Å². The number of rotatable bonds is 12. The summed E-state index contributed by atoms with van der Waals surface area (Å²) in [6, 6.07) is 0. The van der Waals surface area contributed by atoms with Gasteiger partial charge in [-0.3, -0.25) is 0 Å². The van der Waals surface area contributed by atoms with Crippen LogP contribution in [0.15, 0.2) is 24.6 Å². The molecule has 3 heteroatoms. The van der Waals surface area contributed by atoms with E-state index in [1.165, 1.54) is 57.8 Å². The van der Waals surface area contributed by atoms with E-state index >= 15 is 0 Å². The van der Waals surface area contributed by atoms with Crippen molar-refractivity contribution >= 4 is 0 Å². The van der Waals surface area contributed by atoms with Gasteiger partial charge in [-0.1, -0.05) is 44.8 Å². The summed E-state index contributed by atoms with van der Waals surface area (Å²) in [5.41, 5.74) is 5.61. The number of nitrogens with two attached hydrogens (primary N) is 1. The van der Waals surface area contributed by atoms with E-state index in [1.54, 1.807) is 0 Å². The topological polar surface area (TPSA) is 41.3 Å². The lowest BCUT2D eigenvalue weighted by atomic mass is 10.1. The van der Waals surface area contributed by atoms with E-state index in [4.69, 9.17) is 5.73 Å². The predicted octanol–water partition coefficient (Wildman–Crippen LogP) is 3.73. The van der Waals surface area contributed by atoms with Crippen molar-refractivity contribution in [2.75, 3.05) is 13.1 Å². The van der Waals surface area contributed by atoms with Crippen LogP contribution in [0.1, 0.15) is 64.7 Å². The molecular formula is C17H33N3. The van der Waals surface area contributed by atoms with Crippen molar-refractivity contribution in [3.8, 4) is 0 Å². The molecule has 3 N–H and O–H groups in total. The maximum atomic E-state index is 5.61. The van der Waals surface area contributed by atoms with E-state index in [2.05, 4.69) is 35.5 Å². The van der Waals surface area contributed by atoms with E-state index in [0.717, 1.165) is 13.1 Å². The second-order valence-electron chi connectivity index (χ2n) is 5.63. The number of nitrogens with one attached hydrogen (secondary N) is 1. The SMILES string of the molecule is CCCC/C=C/CCCCCCC1NC=CN1CCN. The van der Waals surface area contributed by atoms with Gasteiger partial charge in [0.1, 0.15) is 0 Å². The molecule has 1 aliphatic rings. The van der Waals surface area contributed by atoms with Crippen LogP contribution in [0, 0.1) is 0 Å². The lowest BCUT2D eigenvalue weighted by molar-refractivity contribution is 0.264. The molecule has 0 fully saturated rings. The molecule has 0 radical (unpaired) electrons. The third kappa shape index (κ3) is 7.59. The Morgan fingerprint density at radius 1 is 1.10 bits per heavy atom. The zero-order valence-corrected chi connectivity index (χ0v) is 13.2. The summed E-state index contributed by atoms with van der Waals surface area (Å²) in [5, 5.41) is 3.40. The fourth-order valence-corrected chi connectivity index (χ4v) is 2.59. The van der Waals surface area contributed by atoms with Crippen LogP contribution in [-0.2, 0) is 0 Å². The van der Waals surface area contributed by atoms with Gasteiger partial charge in [0, 0.05) is 25.5 Å². The van der Waals surface area contributed by atoms with Gasteiger partial charge < -0.3 is 16.0 Å². The van der Waals surface area contributed by atoms with Gasteiger partial charge in [0.15, 0.2) is 0 Å². The first kappa shape index (κ1) is 17.1. The molecule has 1 aliphatic heterocycles. The van der Waals surface area contributed by atoms with Gasteiger partial charge in [-0.2, -0.15) is 0 Å². The monoisotopic (exact) mass is 279 g/mol. The molecule has 0 aliphatic carbocycles. The molecule has 1 rings (SSSR count). The van der Waals surface area contributed by atoms with Gasteiger partial charge in [-0.05, 0) is 32.1 Å². The molecular weight excluding hydrogens is 246 g/mol. The first-order valence-corrected chi connectivity index (χ1v) is 8.42. The molecule has 0 aromatic heterocycles. The van der Waals surface area contributed by atoms with Gasteiger partial charge in [-0.15, -0.1) is 0 Å². The minimum Gasteiger partial charge on any atom is -0.370 e. The highest BCUT2D eigenvalue weighted by Gasteiger charge is 2.16. The number of unbranched alkanes of at least 4 members (excludes halogenated alkanes) is 6. The van der Waals surface area contributed by atoms with Crippen molar-refractivity contribution in [2.45, 2.75) is 70.9 Å². The van der Waals surface area contributed by atoms with Gasteiger partial charge in [-0.25, -0.2) is 0 Å². The van der Waals surface area contributed by atoms with Crippen molar-refractivity contribution < 1.29 is 0 Å². The molecule has 1 heterocycles. The molecule has 0 amide bonds. The average molecular weight is 279 g/mol. The highest BCUT2D eigenvalue weighted by Crippen LogP contribution is 2.13. The first-order valence-electron chi connectivity index (χ1n) is 8.42. The number of hydrogen-bond acceptors (Lipinski definition) is 3. The Morgan fingerprint density at radius 2 is 1.85 bits per heavy atom. The Hall–Kier alpha value is -0.960. The predicted molar refractivity (Wildman–Crippen MR) is 88.2 cm³/mol. The third-order valence-corrected chi connectivity index (χ3v) is 3.83. The normalized spacial score (nSPS) is 18.1. The summed E-state index contributed by atoms with van der Waals surface area (Å²) in [6.45, 7) is 3.93. The van der Waals surface area contributed by atoms with Crippen molar-refractivity contribution in [1.29, 1.82) is 0 Å². The van der Waals surface area contributed by atoms with Crippen LogP contribution in [-0.4, -0.2) is 24.2 Å². The summed E-state index contributed by atoms with van der Waals surface area (Å²) in [7, 11) is 0. The van der Waals surface area contributed by atoms with Crippen LogP contribution in [0.5, 0.6) is 0 Å². The minimum absolute atomic E-state index is 0.479. The van der Waals surface area contributed by atoms with Gasteiger partial charge in [0.25, 0.3) is 0 Å². The smallest absolute Gasteiger partial charge is 0.0981 e. The number of nitrogens with zero attached hydrogens (tertiary/aromatic N) is 1. The van der Waals surface area contributed by atoms with E-state index in [9.17, 15) is 0 Å². The largest absolute Gasteiger partial charge is 0.370 e. The molecule has 1 unspecified atom stereocenters. The van der Waals surface area contributed by atoms with Crippen LogP contribution in [0.4, 0.5) is 0 Å². The third-order valence-electron chi connectivity index (χ3n) is 3.83. The van der Waals surface area contributed by atoms with Crippen LogP contribution in [0.25, 0.3) is 0 Å². The summed E-state index contributed by atoms with van der Waals surface area (Å²) in [4.78, 5) is 2.32. The zero-order valence-electron chi connectivity index (χ0n) is 13.2. The minimum atomic E-state index is 0.479. The molecule has 0 saturated carbocycles. The molecule has 0 aromatic carbocycles. The fraction of sp³-hybridized carbons (Fsp3) is 0.765. The highest BCUT2D eigenvalue weighted by molar-refractivity contribution is 4.94. The van der Waals surface area contributed by atoms with E-state index in [1.807, 2.05) is 6.20 Å². The Bertz CT molecular complexity index is 273. The second kappa shape index (κ2) is 11.8. The van der Waals surface area contributed by atoms with Crippen molar-refractivity contribution in [1.82, 2.24) is 10.2 Å². The Morgan fingerprint density at radius 3 is 2.60 bits per heavy atom. The van der Waals surface area contributed by atoms with Crippen molar-refractivity contribution in [2.24, 2.45) is 5.73 Å². The molecule has 3 nitrogen and oxygen atoms in total. The second-order valence-corrected chi connectivity index (χ2v) is 5.63. The molecule has 0 saturated heterocycles. The molecule has 116 valence electrons. The van der Waals surface area contributed by atoms with Gasteiger partial charge in [0.05, 0.1) is 6.17 Å². The first-order chi connectivity index (χ1) is 9.88. The van der Waals surface area contributed by atoms with Crippen LogP contribution in [0.2, 0.25) is 0 Å². The average Bonchev–Trinajstić information content (AvgIpc) is 2.89. The lowest BCUT2D eigenvalue weighted by Gasteiger charge is -2.24. The molecule has 0 aromatic rings. The number of allylic oxidation sites excluding steroid dienone is 2. The summed E-state index contributed by atoms with van der Waals surface area (Å²) in [5.74, 6) is 0. The summed E-state index contributed by atoms with van der Waals surface area (Å²) in [6.07, 6.45) is 21.1.